The van der Waals surface area contributed by atoms with Gasteiger partial charge in [0.25, 0.3) is 0 Å². The molecule has 0 radical (unpaired) electrons. The maximum absolute atomic E-state index is 11.6. The predicted molar refractivity (Wildman–Crippen MR) is 78.1 cm³/mol. The maximum atomic E-state index is 11.6. The zero-order valence-corrected chi connectivity index (χ0v) is 12.4. The van der Waals surface area contributed by atoms with Crippen molar-refractivity contribution in [1.29, 1.82) is 0 Å². The number of carbonyl (C=O) groups is 1. The third kappa shape index (κ3) is 2.39. The van der Waals surface area contributed by atoms with Crippen molar-refractivity contribution < 1.29 is 14.6 Å². The number of ether oxygens (including phenoxy) is 1. The van der Waals surface area contributed by atoms with Gasteiger partial charge in [-0.2, -0.15) is 0 Å². The Bertz CT molecular complexity index is 514. The van der Waals surface area contributed by atoms with Crippen LogP contribution in [-0.4, -0.2) is 40.3 Å². The first kappa shape index (κ1) is 14.3. The molecule has 3 rings (SSSR count). The average Bonchev–Trinajstić information content (AvgIpc) is 2.95. The van der Waals surface area contributed by atoms with Crippen LogP contribution in [0.2, 0.25) is 0 Å². The first-order valence-electron chi connectivity index (χ1n) is 7.60. The summed E-state index contributed by atoms with van der Waals surface area (Å²) in [5.74, 6) is 0. The fourth-order valence-corrected chi connectivity index (χ4v) is 3.95. The molecule has 0 aromatic carbocycles. The molecular weight excluding hydrogens is 268 g/mol. The van der Waals surface area contributed by atoms with Crippen molar-refractivity contribution in [2.75, 3.05) is 13.7 Å². The van der Waals surface area contributed by atoms with Crippen LogP contribution in [-0.2, 0) is 10.3 Å². The molecule has 1 amide bonds. The van der Waals surface area contributed by atoms with Gasteiger partial charge in [0.05, 0.1) is 16.8 Å². The normalized spacial score (nSPS) is 27.7. The molecule has 5 nitrogen and oxygen atoms in total. The summed E-state index contributed by atoms with van der Waals surface area (Å²) >= 11 is 0. The summed E-state index contributed by atoms with van der Waals surface area (Å²) in [5.41, 5.74) is 0.0966. The van der Waals surface area contributed by atoms with E-state index in [0.717, 1.165) is 31.4 Å². The minimum Gasteiger partial charge on any atom is -0.465 e. The van der Waals surface area contributed by atoms with Crippen molar-refractivity contribution in [1.82, 2.24) is 9.88 Å². The second-order valence-corrected chi connectivity index (χ2v) is 6.25. The molecule has 1 aliphatic carbocycles. The van der Waals surface area contributed by atoms with E-state index in [9.17, 15) is 9.90 Å². The quantitative estimate of drug-likeness (QED) is 0.909. The van der Waals surface area contributed by atoms with Crippen LogP contribution >= 0.6 is 0 Å². The molecule has 1 atom stereocenters. The van der Waals surface area contributed by atoms with Crippen molar-refractivity contribution in [3.05, 3.63) is 30.1 Å². The number of carboxylic acid groups (broad SMARTS) is 1. The Hall–Kier alpha value is -1.62. The van der Waals surface area contributed by atoms with Crippen molar-refractivity contribution in [2.45, 2.75) is 49.7 Å². The van der Waals surface area contributed by atoms with Gasteiger partial charge < -0.3 is 9.84 Å². The predicted octanol–water partition coefficient (Wildman–Crippen LogP) is 3.01. The topological polar surface area (TPSA) is 62.7 Å². The van der Waals surface area contributed by atoms with Crippen LogP contribution in [0.15, 0.2) is 24.4 Å². The van der Waals surface area contributed by atoms with Crippen LogP contribution in [0.1, 0.15) is 44.2 Å². The smallest absolute Gasteiger partial charge is 0.407 e. The van der Waals surface area contributed by atoms with Gasteiger partial charge in [0.2, 0.25) is 0 Å². The van der Waals surface area contributed by atoms with E-state index in [1.54, 1.807) is 13.2 Å². The van der Waals surface area contributed by atoms with Crippen LogP contribution in [0.25, 0.3) is 0 Å². The molecule has 21 heavy (non-hydrogen) atoms. The van der Waals surface area contributed by atoms with Gasteiger partial charge in [-0.05, 0) is 25.0 Å². The van der Waals surface area contributed by atoms with Gasteiger partial charge in [-0.1, -0.05) is 18.9 Å². The number of nitrogens with zero attached hydrogens (tertiary/aromatic N) is 2. The van der Waals surface area contributed by atoms with Gasteiger partial charge in [-0.15, -0.1) is 0 Å². The van der Waals surface area contributed by atoms with Gasteiger partial charge in [-0.3, -0.25) is 9.88 Å². The molecule has 1 saturated carbocycles. The van der Waals surface area contributed by atoms with E-state index in [2.05, 4.69) is 4.98 Å². The van der Waals surface area contributed by atoms with Crippen LogP contribution < -0.4 is 0 Å². The second-order valence-electron chi connectivity index (χ2n) is 6.25. The lowest BCUT2D eigenvalue weighted by Crippen LogP contribution is -2.56. The lowest BCUT2D eigenvalue weighted by atomic mass is 9.75. The number of hydrogen-bond donors (Lipinski definition) is 1. The molecule has 1 N–H and O–H groups in total. The van der Waals surface area contributed by atoms with Crippen LogP contribution in [0.3, 0.4) is 0 Å². The van der Waals surface area contributed by atoms with Crippen molar-refractivity contribution in [3.8, 4) is 0 Å². The largest absolute Gasteiger partial charge is 0.465 e. The molecule has 1 unspecified atom stereocenters. The van der Waals surface area contributed by atoms with E-state index in [1.165, 1.54) is 4.90 Å². The summed E-state index contributed by atoms with van der Waals surface area (Å²) in [6.07, 6.45) is 6.57. The molecule has 1 aliphatic heterocycles. The Kier molecular flexibility index (Phi) is 3.61. The van der Waals surface area contributed by atoms with E-state index < -0.39 is 11.6 Å². The molecule has 1 saturated heterocycles. The first-order chi connectivity index (χ1) is 10.1. The lowest BCUT2D eigenvalue weighted by molar-refractivity contribution is -0.130. The first-order valence-corrected chi connectivity index (χ1v) is 7.60. The Balaban J connectivity index is 2.02. The van der Waals surface area contributed by atoms with E-state index in [4.69, 9.17) is 4.74 Å². The molecular formula is C16H22N2O3. The minimum atomic E-state index is -0.907. The fourth-order valence-electron chi connectivity index (χ4n) is 3.95. The van der Waals surface area contributed by atoms with Gasteiger partial charge in [-0.25, -0.2) is 4.79 Å². The van der Waals surface area contributed by atoms with Crippen molar-refractivity contribution >= 4 is 6.09 Å². The molecule has 1 aromatic heterocycles. The number of hydrogen-bond acceptors (Lipinski definition) is 3. The Morgan fingerprint density at radius 1 is 1.33 bits per heavy atom. The summed E-state index contributed by atoms with van der Waals surface area (Å²) < 4.78 is 6.09. The van der Waals surface area contributed by atoms with E-state index in [1.807, 2.05) is 18.2 Å². The Morgan fingerprint density at radius 3 is 2.71 bits per heavy atom. The highest BCUT2D eigenvalue weighted by Crippen LogP contribution is 2.49. The molecule has 1 spiro atoms. The number of rotatable bonds is 2. The summed E-state index contributed by atoms with van der Waals surface area (Å²) in [6.45, 7) is 0.591. The Morgan fingerprint density at radius 2 is 2.10 bits per heavy atom. The molecule has 2 heterocycles. The van der Waals surface area contributed by atoms with E-state index in [-0.39, 0.29) is 5.60 Å². The number of aromatic nitrogens is 1. The monoisotopic (exact) mass is 290 g/mol. The van der Waals surface area contributed by atoms with Gasteiger partial charge in [0.15, 0.2) is 0 Å². The van der Waals surface area contributed by atoms with Crippen LogP contribution in [0.4, 0.5) is 4.79 Å². The average molecular weight is 290 g/mol. The standard InChI is InChI=1S/C16H22N2O3/c1-18(14(19)20)16(13-6-2-5-10-17-13)9-11-21-15(12-16)7-3-4-8-15/h2,5-6,10H,3-4,7-9,11-12H2,1H3,(H,19,20). The molecule has 114 valence electrons. The number of pyridine rings is 1. The number of amides is 1. The van der Waals surface area contributed by atoms with Crippen LogP contribution in [0, 0.1) is 0 Å². The van der Waals surface area contributed by atoms with Gasteiger partial charge in [0.1, 0.15) is 0 Å². The van der Waals surface area contributed by atoms with Gasteiger partial charge >= 0.3 is 6.09 Å². The summed E-state index contributed by atoms with van der Waals surface area (Å²) in [6, 6.07) is 5.73. The third-order valence-corrected chi connectivity index (χ3v) is 5.12. The summed E-state index contributed by atoms with van der Waals surface area (Å²) in [7, 11) is 1.66. The van der Waals surface area contributed by atoms with Crippen molar-refractivity contribution in [3.63, 3.8) is 0 Å². The zero-order valence-electron chi connectivity index (χ0n) is 12.4. The molecule has 2 fully saturated rings. The summed E-state index contributed by atoms with van der Waals surface area (Å²) in [5, 5.41) is 9.55. The molecule has 0 bridgehead atoms. The highest BCUT2D eigenvalue weighted by atomic mass is 16.5. The second kappa shape index (κ2) is 5.30. The molecule has 5 heteroatoms. The SMILES string of the molecule is CN(C(=O)O)C1(c2ccccn2)CCOC2(CCCC2)C1. The van der Waals surface area contributed by atoms with E-state index in [0.29, 0.717) is 19.4 Å². The van der Waals surface area contributed by atoms with Crippen LogP contribution in [0.5, 0.6) is 0 Å². The highest BCUT2D eigenvalue weighted by molar-refractivity contribution is 5.66. The fraction of sp³-hybridized carbons (Fsp3) is 0.625. The lowest BCUT2D eigenvalue weighted by Gasteiger charge is -2.49. The maximum Gasteiger partial charge on any atom is 0.407 e. The van der Waals surface area contributed by atoms with Gasteiger partial charge in [0, 0.05) is 32.7 Å². The van der Waals surface area contributed by atoms with Crippen molar-refractivity contribution in [2.24, 2.45) is 0 Å². The highest BCUT2D eigenvalue weighted by Gasteiger charge is 2.52. The molecule has 1 aromatic rings. The minimum absolute atomic E-state index is 0.167. The van der Waals surface area contributed by atoms with E-state index >= 15 is 0 Å². The molecule has 2 aliphatic rings. The third-order valence-electron chi connectivity index (χ3n) is 5.12. The Labute approximate surface area is 124 Å². The zero-order chi connectivity index (χ0) is 14.9. The summed E-state index contributed by atoms with van der Waals surface area (Å²) in [4.78, 5) is 17.6.